The van der Waals surface area contributed by atoms with Crippen molar-refractivity contribution in [3.8, 4) is 12.1 Å². The van der Waals surface area contributed by atoms with Crippen molar-refractivity contribution in [2.24, 2.45) is 0 Å². The van der Waals surface area contributed by atoms with Crippen molar-refractivity contribution in [1.82, 2.24) is 0 Å². The van der Waals surface area contributed by atoms with Crippen LogP contribution in [0.2, 0.25) is 0 Å². The van der Waals surface area contributed by atoms with Crippen LogP contribution in [0, 0.1) is 12.1 Å². The van der Waals surface area contributed by atoms with E-state index >= 15 is 0 Å². The third kappa shape index (κ3) is 1.06. The van der Waals surface area contributed by atoms with Crippen LogP contribution in [0.5, 0.6) is 0 Å². The molecular weight excluding hydrogens is 155 g/mol. The number of halogens is 1. The number of rotatable bonds is 0. The van der Waals surface area contributed by atoms with E-state index in [2.05, 4.69) is 5.92 Å². The molecule has 0 fully saturated rings. The largest absolute Gasteiger partial charge is 0.471 e. The van der Waals surface area contributed by atoms with E-state index in [1.165, 1.54) is 6.17 Å². The highest BCUT2D eigenvalue weighted by molar-refractivity contribution is 5.82. The summed E-state index contributed by atoms with van der Waals surface area (Å²) in [4.78, 5) is 0. The lowest BCUT2D eigenvalue weighted by Gasteiger charge is -1.88. The fourth-order valence-corrected chi connectivity index (χ4v) is 1.10. The number of hydrogen-bond acceptors (Lipinski definition) is 1. The lowest BCUT2D eigenvalue weighted by Crippen LogP contribution is -1.71. The normalized spacial score (nSPS) is 9.42. The predicted octanol–water partition coefficient (Wildman–Crippen LogP) is 2.71. The van der Waals surface area contributed by atoms with E-state index < -0.39 is 0 Å². The molecule has 0 spiro atoms. The van der Waals surface area contributed by atoms with Gasteiger partial charge in [-0.3, -0.25) is 0 Å². The SMILES string of the molecule is FC#Cc1ccc2cocc2c1. The van der Waals surface area contributed by atoms with Crippen molar-refractivity contribution in [2.75, 3.05) is 0 Å². The topological polar surface area (TPSA) is 13.1 Å². The molecule has 1 heterocycles. The van der Waals surface area contributed by atoms with Crippen molar-refractivity contribution >= 4 is 10.8 Å². The molecule has 0 unspecified atom stereocenters. The zero-order chi connectivity index (χ0) is 8.39. The van der Waals surface area contributed by atoms with Crippen molar-refractivity contribution in [2.45, 2.75) is 0 Å². The molecular formula is C10H5FO. The Morgan fingerprint density at radius 2 is 2.00 bits per heavy atom. The fourth-order valence-electron chi connectivity index (χ4n) is 1.10. The highest BCUT2D eigenvalue weighted by Gasteiger charge is 1.95. The first kappa shape index (κ1) is 6.93. The van der Waals surface area contributed by atoms with Crippen molar-refractivity contribution < 1.29 is 8.81 Å². The first-order chi connectivity index (χ1) is 5.90. The minimum Gasteiger partial charge on any atom is -0.471 e. The smallest absolute Gasteiger partial charge is 0.111 e. The summed E-state index contributed by atoms with van der Waals surface area (Å²) >= 11 is 0. The molecule has 12 heavy (non-hydrogen) atoms. The summed E-state index contributed by atoms with van der Waals surface area (Å²) in [7, 11) is 0. The van der Waals surface area contributed by atoms with Crippen LogP contribution < -0.4 is 0 Å². The van der Waals surface area contributed by atoms with E-state index in [9.17, 15) is 4.39 Å². The van der Waals surface area contributed by atoms with Crippen LogP contribution in [0.3, 0.4) is 0 Å². The maximum Gasteiger partial charge on any atom is 0.111 e. The summed E-state index contributed by atoms with van der Waals surface area (Å²) in [5, 5.41) is 1.94. The van der Waals surface area contributed by atoms with Gasteiger partial charge in [-0.1, -0.05) is 0 Å². The predicted molar refractivity (Wildman–Crippen MR) is 44.2 cm³/mol. The van der Waals surface area contributed by atoms with Gasteiger partial charge >= 0.3 is 0 Å². The third-order valence-corrected chi connectivity index (χ3v) is 1.67. The van der Waals surface area contributed by atoms with Gasteiger partial charge in [0.2, 0.25) is 0 Å². The van der Waals surface area contributed by atoms with Gasteiger partial charge in [0, 0.05) is 16.3 Å². The lowest BCUT2D eigenvalue weighted by molar-refractivity contribution is 0.572. The molecule has 0 bridgehead atoms. The quantitative estimate of drug-likeness (QED) is 0.540. The Bertz CT molecular complexity index is 459. The van der Waals surface area contributed by atoms with Crippen LogP contribution in [0.4, 0.5) is 4.39 Å². The molecule has 0 aliphatic heterocycles. The molecule has 0 atom stereocenters. The minimum atomic E-state index is 0.659. The molecule has 2 aromatic rings. The van der Waals surface area contributed by atoms with Crippen LogP contribution in [0.15, 0.2) is 35.1 Å². The second-order valence-corrected chi connectivity index (χ2v) is 2.43. The van der Waals surface area contributed by atoms with Crippen LogP contribution in [-0.4, -0.2) is 0 Å². The van der Waals surface area contributed by atoms with Crippen molar-refractivity contribution in [3.63, 3.8) is 0 Å². The molecule has 2 rings (SSSR count). The van der Waals surface area contributed by atoms with Crippen LogP contribution >= 0.6 is 0 Å². The average molecular weight is 160 g/mol. The summed E-state index contributed by atoms with van der Waals surface area (Å²) in [6, 6.07) is 5.38. The molecule has 0 amide bonds. The standard InChI is InChI=1S/C10H5FO/c11-4-3-8-1-2-9-6-12-7-10(9)5-8/h1-2,5-7H. The first-order valence-electron chi connectivity index (χ1n) is 3.48. The van der Waals surface area contributed by atoms with E-state index in [0.717, 1.165) is 10.8 Å². The van der Waals surface area contributed by atoms with Crippen molar-refractivity contribution in [3.05, 3.63) is 36.3 Å². The van der Waals surface area contributed by atoms with Gasteiger partial charge in [0.05, 0.1) is 12.5 Å². The van der Waals surface area contributed by atoms with Crippen LogP contribution in [0.25, 0.3) is 10.8 Å². The summed E-state index contributed by atoms with van der Waals surface area (Å²) < 4.78 is 16.6. The van der Waals surface area contributed by atoms with Gasteiger partial charge in [-0.05, 0) is 24.1 Å². The lowest BCUT2D eigenvalue weighted by atomic mass is 10.1. The second kappa shape index (κ2) is 2.71. The molecule has 2 heteroatoms. The number of benzene rings is 1. The molecule has 0 saturated carbocycles. The zero-order valence-corrected chi connectivity index (χ0v) is 6.17. The Morgan fingerprint density at radius 3 is 2.83 bits per heavy atom. The van der Waals surface area contributed by atoms with E-state index in [0.29, 0.717) is 5.56 Å². The zero-order valence-electron chi connectivity index (χ0n) is 6.17. The molecule has 1 aromatic carbocycles. The average Bonchev–Trinajstić information content (AvgIpc) is 2.51. The second-order valence-electron chi connectivity index (χ2n) is 2.43. The summed E-state index contributed by atoms with van der Waals surface area (Å²) in [5.74, 6) is 2.33. The number of hydrogen-bond donors (Lipinski definition) is 0. The van der Waals surface area contributed by atoms with Gasteiger partial charge in [-0.25, -0.2) is 0 Å². The van der Waals surface area contributed by atoms with Gasteiger partial charge in [0.25, 0.3) is 0 Å². The summed E-state index contributed by atoms with van der Waals surface area (Å²) in [6.07, 6.45) is 4.61. The number of furan rings is 1. The summed E-state index contributed by atoms with van der Waals surface area (Å²) in [6.45, 7) is 0. The highest BCUT2D eigenvalue weighted by Crippen LogP contribution is 2.16. The van der Waals surface area contributed by atoms with E-state index in [1.54, 1.807) is 24.7 Å². The molecule has 0 saturated heterocycles. The molecule has 0 N–H and O–H groups in total. The third-order valence-electron chi connectivity index (χ3n) is 1.67. The molecule has 0 aliphatic carbocycles. The molecule has 58 valence electrons. The first-order valence-corrected chi connectivity index (χ1v) is 3.48. The van der Waals surface area contributed by atoms with Gasteiger partial charge < -0.3 is 4.42 Å². The Kier molecular flexibility index (Phi) is 1.56. The van der Waals surface area contributed by atoms with Crippen molar-refractivity contribution in [1.29, 1.82) is 0 Å². The maximum absolute atomic E-state index is 11.6. The Hall–Kier alpha value is -1.75. The van der Waals surface area contributed by atoms with Gasteiger partial charge in [-0.2, -0.15) is 0 Å². The summed E-state index contributed by atoms with van der Waals surface area (Å²) in [5.41, 5.74) is 0.659. The van der Waals surface area contributed by atoms with Gasteiger partial charge in [-0.15, -0.1) is 4.39 Å². The van der Waals surface area contributed by atoms with Gasteiger partial charge in [0.1, 0.15) is 6.17 Å². The highest BCUT2D eigenvalue weighted by atomic mass is 19.1. The fraction of sp³-hybridized carbons (Fsp3) is 0. The van der Waals surface area contributed by atoms with Crippen LogP contribution in [-0.2, 0) is 0 Å². The van der Waals surface area contributed by atoms with Crippen LogP contribution in [0.1, 0.15) is 5.56 Å². The molecule has 1 aromatic heterocycles. The molecule has 0 radical (unpaired) electrons. The number of fused-ring (bicyclic) bond motifs is 1. The van der Waals surface area contributed by atoms with E-state index in [4.69, 9.17) is 4.42 Å². The monoisotopic (exact) mass is 160 g/mol. The van der Waals surface area contributed by atoms with E-state index in [-0.39, 0.29) is 0 Å². The minimum absolute atomic E-state index is 0.659. The molecule has 0 aliphatic rings. The van der Waals surface area contributed by atoms with E-state index in [1.807, 2.05) is 6.07 Å². The maximum atomic E-state index is 11.6. The Labute approximate surface area is 68.8 Å². The van der Waals surface area contributed by atoms with Gasteiger partial charge in [0.15, 0.2) is 0 Å². The molecule has 1 nitrogen and oxygen atoms in total. The Balaban J connectivity index is 2.65. The Morgan fingerprint density at radius 1 is 1.17 bits per heavy atom.